The van der Waals surface area contributed by atoms with Gasteiger partial charge in [0, 0.05) is 36.2 Å². The van der Waals surface area contributed by atoms with Gasteiger partial charge in [0.15, 0.2) is 0 Å². The van der Waals surface area contributed by atoms with E-state index in [1.165, 1.54) is 6.07 Å². The Hall–Kier alpha value is -2.16. The standard InChI is InChI=1S/C26H40N2O5/c1-25(2,3)27-13-22(31)16-7-8-21(30)17(9-16)10-19-11-18(12-20(15-29)24(19)33)23(32)14-28-26(4,5)6/h7-9,11-12,22-23,27-33H,10,13-15H2,1-6H3. The van der Waals surface area contributed by atoms with E-state index in [9.17, 15) is 25.5 Å². The Bertz CT molecular complexity index is 932. The first kappa shape index (κ1) is 27.1. The summed E-state index contributed by atoms with van der Waals surface area (Å²) < 4.78 is 0. The number of benzene rings is 2. The minimum absolute atomic E-state index is 0.0417. The summed E-state index contributed by atoms with van der Waals surface area (Å²) in [6.45, 7) is 12.3. The van der Waals surface area contributed by atoms with Crippen LogP contribution in [0.5, 0.6) is 11.5 Å². The van der Waals surface area contributed by atoms with Gasteiger partial charge in [-0.1, -0.05) is 6.07 Å². The molecule has 33 heavy (non-hydrogen) atoms. The first-order valence-corrected chi connectivity index (χ1v) is 11.3. The number of β-amino-alcohol motifs (C(OH)–C–C–N with tert-alkyl or cyclic N) is 2. The molecule has 2 atom stereocenters. The van der Waals surface area contributed by atoms with Crippen LogP contribution in [0.2, 0.25) is 0 Å². The Labute approximate surface area is 197 Å². The lowest BCUT2D eigenvalue weighted by Gasteiger charge is -2.24. The highest BCUT2D eigenvalue weighted by Gasteiger charge is 2.19. The van der Waals surface area contributed by atoms with Gasteiger partial charge in [-0.25, -0.2) is 0 Å². The molecule has 0 saturated heterocycles. The van der Waals surface area contributed by atoms with Crippen LogP contribution in [-0.4, -0.2) is 49.7 Å². The molecule has 0 aliphatic heterocycles. The lowest BCUT2D eigenvalue weighted by molar-refractivity contribution is 0.163. The average Bonchev–Trinajstić information content (AvgIpc) is 2.72. The van der Waals surface area contributed by atoms with Crippen molar-refractivity contribution in [3.8, 4) is 11.5 Å². The van der Waals surface area contributed by atoms with E-state index in [-0.39, 0.29) is 35.6 Å². The van der Waals surface area contributed by atoms with Crippen molar-refractivity contribution in [3.63, 3.8) is 0 Å². The second-order valence-corrected chi connectivity index (χ2v) is 10.7. The topological polar surface area (TPSA) is 125 Å². The molecular formula is C26H40N2O5. The van der Waals surface area contributed by atoms with E-state index in [4.69, 9.17) is 0 Å². The predicted molar refractivity (Wildman–Crippen MR) is 130 cm³/mol. The largest absolute Gasteiger partial charge is 0.508 e. The molecule has 0 aromatic heterocycles. The summed E-state index contributed by atoms with van der Waals surface area (Å²) in [4.78, 5) is 0. The highest BCUT2D eigenvalue weighted by molar-refractivity contribution is 5.49. The molecule has 7 nitrogen and oxygen atoms in total. The van der Waals surface area contributed by atoms with Crippen molar-refractivity contribution in [1.82, 2.24) is 10.6 Å². The zero-order chi connectivity index (χ0) is 25.0. The van der Waals surface area contributed by atoms with Crippen LogP contribution in [0.4, 0.5) is 0 Å². The fourth-order valence-corrected chi connectivity index (χ4v) is 3.44. The molecule has 7 N–H and O–H groups in total. The van der Waals surface area contributed by atoms with Gasteiger partial charge in [-0.3, -0.25) is 0 Å². The first-order chi connectivity index (χ1) is 15.2. The van der Waals surface area contributed by atoms with Gasteiger partial charge in [-0.2, -0.15) is 0 Å². The SMILES string of the molecule is CC(C)(C)NCC(O)c1ccc(O)c(Cc2cc(C(O)CNC(C)(C)C)cc(CO)c2O)c1. The van der Waals surface area contributed by atoms with Crippen molar-refractivity contribution < 1.29 is 25.5 Å². The molecule has 0 radical (unpaired) electrons. The molecule has 0 fully saturated rings. The molecule has 0 amide bonds. The van der Waals surface area contributed by atoms with Gasteiger partial charge in [-0.05, 0) is 88.1 Å². The first-order valence-electron chi connectivity index (χ1n) is 11.3. The lowest BCUT2D eigenvalue weighted by Crippen LogP contribution is -2.38. The van der Waals surface area contributed by atoms with Crippen molar-refractivity contribution in [1.29, 1.82) is 0 Å². The number of hydrogen-bond donors (Lipinski definition) is 7. The quantitative estimate of drug-likeness (QED) is 0.307. The number of aliphatic hydroxyl groups is 3. The van der Waals surface area contributed by atoms with E-state index in [0.717, 1.165) is 0 Å². The number of aromatic hydroxyl groups is 2. The summed E-state index contributed by atoms with van der Waals surface area (Å²) in [5, 5.41) is 58.5. The summed E-state index contributed by atoms with van der Waals surface area (Å²) in [7, 11) is 0. The number of hydrogen-bond acceptors (Lipinski definition) is 7. The van der Waals surface area contributed by atoms with E-state index < -0.39 is 12.2 Å². The molecule has 0 saturated carbocycles. The second kappa shape index (κ2) is 10.8. The van der Waals surface area contributed by atoms with Gasteiger partial charge in [0.1, 0.15) is 11.5 Å². The summed E-state index contributed by atoms with van der Waals surface area (Å²) in [5.74, 6) is -0.0305. The molecule has 0 aliphatic rings. The number of rotatable bonds is 9. The fraction of sp³-hybridized carbons (Fsp3) is 0.538. The maximum Gasteiger partial charge on any atom is 0.124 e. The zero-order valence-electron chi connectivity index (χ0n) is 20.6. The summed E-state index contributed by atoms with van der Waals surface area (Å²) >= 11 is 0. The van der Waals surface area contributed by atoms with Gasteiger partial charge in [-0.15, -0.1) is 0 Å². The Kier molecular flexibility index (Phi) is 8.90. The molecule has 2 unspecified atom stereocenters. The normalized spacial score (nSPS) is 14.3. The maximum absolute atomic E-state index is 10.7. The van der Waals surface area contributed by atoms with Crippen molar-refractivity contribution in [2.75, 3.05) is 13.1 Å². The van der Waals surface area contributed by atoms with Gasteiger partial charge in [0.05, 0.1) is 18.8 Å². The molecule has 184 valence electrons. The summed E-state index contributed by atoms with van der Waals surface area (Å²) in [6.07, 6.45) is -1.42. The van der Waals surface area contributed by atoms with Gasteiger partial charge >= 0.3 is 0 Å². The third kappa shape index (κ3) is 8.28. The number of phenols is 2. The summed E-state index contributed by atoms with van der Waals surface area (Å²) in [6, 6.07) is 8.19. The van der Waals surface area contributed by atoms with Gasteiger partial charge in [0.25, 0.3) is 0 Å². The number of nitrogens with one attached hydrogen (secondary N) is 2. The molecule has 0 spiro atoms. The minimum atomic E-state index is -0.834. The molecule has 2 rings (SSSR count). The maximum atomic E-state index is 10.7. The van der Waals surface area contributed by atoms with Crippen molar-refractivity contribution in [3.05, 3.63) is 58.1 Å². The molecule has 7 heteroatoms. The average molecular weight is 461 g/mol. The summed E-state index contributed by atoms with van der Waals surface area (Å²) in [5.41, 5.74) is 2.20. The molecule has 0 heterocycles. The highest BCUT2D eigenvalue weighted by Crippen LogP contribution is 2.32. The van der Waals surface area contributed by atoms with Crippen LogP contribution in [0.3, 0.4) is 0 Å². The Morgan fingerprint density at radius 2 is 1.21 bits per heavy atom. The fourth-order valence-electron chi connectivity index (χ4n) is 3.44. The van der Waals surface area contributed by atoms with Crippen molar-refractivity contribution in [2.24, 2.45) is 0 Å². The van der Waals surface area contributed by atoms with E-state index in [1.54, 1.807) is 24.3 Å². The predicted octanol–water partition coefficient (Wildman–Crippen LogP) is 3.02. The van der Waals surface area contributed by atoms with Crippen molar-refractivity contribution >= 4 is 0 Å². The van der Waals surface area contributed by atoms with Crippen LogP contribution in [0.15, 0.2) is 30.3 Å². The Morgan fingerprint density at radius 1 is 0.727 bits per heavy atom. The molecule has 0 bridgehead atoms. The number of aliphatic hydroxyl groups excluding tert-OH is 3. The van der Waals surface area contributed by atoms with E-state index >= 15 is 0 Å². The van der Waals surface area contributed by atoms with Gasteiger partial charge in [0.2, 0.25) is 0 Å². The molecular weight excluding hydrogens is 420 g/mol. The van der Waals surface area contributed by atoms with Crippen LogP contribution < -0.4 is 10.6 Å². The van der Waals surface area contributed by atoms with Crippen LogP contribution in [0.1, 0.15) is 81.6 Å². The third-order valence-electron chi connectivity index (χ3n) is 5.37. The van der Waals surface area contributed by atoms with Crippen LogP contribution in [-0.2, 0) is 13.0 Å². The highest BCUT2D eigenvalue weighted by atomic mass is 16.3. The van der Waals surface area contributed by atoms with Crippen LogP contribution >= 0.6 is 0 Å². The van der Waals surface area contributed by atoms with Crippen LogP contribution in [0.25, 0.3) is 0 Å². The van der Waals surface area contributed by atoms with E-state index in [1.807, 2.05) is 41.5 Å². The molecule has 2 aromatic rings. The Balaban J connectivity index is 2.32. The van der Waals surface area contributed by atoms with Gasteiger partial charge < -0.3 is 36.2 Å². The Morgan fingerprint density at radius 3 is 1.73 bits per heavy atom. The monoisotopic (exact) mass is 460 g/mol. The van der Waals surface area contributed by atoms with Crippen LogP contribution in [0, 0.1) is 0 Å². The van der Waals surface area contributed by atoms with Crippen molar-refractivity contribution in [2.45, 2.75) is 77.9 Å². The smallest absolute Gasteiger partial charge is 0.124 e. The molecule has 2 aromatic carbocycles. The zero-order valence-corrected chi connectivity index (χ0v) is 20.6. The third-order valence-corrected chi connectivity index (χ3v) is 5.37. The minimum Gasteiger partial charge on any atom is -0.508 e. The molecule has 0 aliphatic carbocycles. The second-order valence-electron chi connectivity index (χ2n) is 10.7. The van der Waals surface area contributed by atoms with E-state index in [2.05, 4.69) is 10.6 Å². The lowest BCUT2D eigenvalue weighted by atomic mass is 9.94. The number of phenolic OH excluding ortho intramolecular Hbond substituents is 1. The van der Waals surface area contributed by atoms with E-state index in [0.29, 0.717) is 40.9 Å².